The van der Waals surface area contributed by atoms with Gasteiger partial charge >= 0.3 is 6.03 Å². The van der Waals surface area contributed by atoms with Crippen LogP contribution in [0.2, 0.25) is 0 Å². The minimum atomic E-state index is -5.03. The lowest BCUT2D eigenvalue weighted by molar-refractivity contribution is -0.373. The Kier molecular flexibility index (Phi) is 3.20. The average molecular weight is 316 g/mol. The lowest BCUT2D eigenvalue weighted by Crippen LogP contribution is -2.61. The summed E-state index contributed by atoms with van der Waals surface area (Å²) in [5.74, 6) is 0.318. The molecule has 1 saturated heterocycles. The molecule has 3 heterocycles. The van der Waals surface area contributed by atoms with Crippen molar-refractivity contribution in [2.24, 2.45) is 0 Å². The molecule has 1 aromatic heterocycles. The van der Waals surface area contributed by atoms with Gasteiger partial charge in [-0.1, -0.05) is 0 Å². The molecule has 2 atom stereocenters. The fourth-order valence-electron chi connectivity index (χ4n) is 2.57. The smallest absolute Gasteiger partial charge is 0.346 e. The molecular weight excluding hydrogens is 304 g/mol. The summed E-state index contributed by atoms with van der Waals surface area (Å²) in [6.07, 6.45) is 4.45. The summed E-state index contributed by atoms with van der Waals surface area (Å²) in [4.78, 5) is 17.6. The maximum atomic E-state index is 12.2. The van der Waals surface area contributed by atoms with Gasteiger partial charge < -0.3 is 19.6 Å². The fourth-order valence-corrected chi connectivity index (χ4v) is 2.94. The number of oxazole rings is 1. The summed E-state index contributed by atoms with van der Waals surface area (Å²) >= 11 is 0. The van der Waals surface area contributed by atoms with Crippen LogP contribution in [0.25, 0.3) is 5.57 Å². The lowest BCUT2D eigenvalue weighted by atomic mass is 9.99. The van der Waals surface area contributed by atoms with Crippen LogP contribution < -0.4 is 5.73 Å². The van der Waals surface area contributed by atoms with Crippen molar-refractivity contribution in [3.8, 4) is 0 Å². The molecule has 2 aliphatic rings. The van der Waals surface area contributed by atoms with Crippen LogP contribution in [0, 0.1) is 0 Å². The van der Waals surface area contributed by atoms with Gasteiger partial charge in [0.1, 0.15) is 12.3 Å². The van der Waals surface area contributed by atoms with Crippen molar-refractivity contribution in [3.05, 3.63) is 24.4 Å². The van der Waals surface area contributed by atoms with Crippen LogP contribution in [0.4, 0.5) is 4.79 Å². The third-order valence-electron chi connectivity index (χ3n) is 3.35. The van der Waals surface area contributed by atoms with E-state index in [1.54, 1.807) is 6.08 Å². The van der Waals surface area contributed by atoms with Crippen molar-refractivity contribution in [1.82, 2.24) is 14.9 Å². The molecule has 10 nitrogen and oxygen atoms in total. The molecular formula is C10H12N4O6S. The number of quaternary nitrogens is 1. The Labute approximate surface area is 119 Å². The van der Waals surface area contributed by atoms with E-state index >= 15 is 0 Å². The van der Waals surface area contributed by atoms with Crippen LogP contribution >= 0.6 is 0 Å². The highest BCUT2D eigenvalue weighted by atomic mass is 32.3. The molecule has 2 aliphatic heterocycles. The molecule has 0 spiro atoms. The summed E-state index contributed by atoms with van der Waals surface area (Å²) < 4.78 is 41.6. The van der Waals surface area contributed by atoms with Gasteiger partial charge in [0, 0.05) is 5.57 Å². The number of carbonyl (C=O) groups is 1. The Balaban J connectivity index is 1.98. The number of carbonyl (C=O) groups excluding carboxylic acids is 1. The number of rotatable bonds is 4. The molecule has 0 saturated carbocycles. The average Bonchev–Trinajstić information content (AvgIpc) is 3.01. The van der Waals surface area contributed by atoms with E-state index in [0.29, 0.717) is 23.1 Å². The topological polar surface area (TPSA) is 144 Å². The Bertz CT molecular complexity index is 684. The van der Waals surface area contributed by atoms with Crippen molar-refractivity contribution in [1.29, 1.82) is 0 Å². The predicted octanol–water partition coefficient (Wildman–Crippen LogP) is -1.82. The molecule has 0 aromatic carbocycles. The first-order valence-corrected chi connectivity index (χ1v) is 7.40. The van der Waals surface area contributed by atoms with Crippen LogP contribution in [0.15, 0.2) is 23.0 Å². The first kappa shape index (κ1) is 14.0. The van der Waals surface area contributed by atoms with Crippen LogP contribution in [-0.2, 0) is 14.7 Å². The molecule has 1 aromatic rings. The number of nitrogens with zero attached hydrogens (tertiary/aromatic N) is 3. The summed E-state index contributed by atoms with van der Waals surface area (Å²) in [7, 11) is -5.03. The normalized spacial score (nSPS) is 25.4. The SMILES string of the molecule is [NH3+]C[C@@H]1C(c2ncco2)=C[C@@H]2CN1C(=O)N2OS(=O)(=O)[O-]. The third-order valence-corrected chi connectivity index (χ3v) is 3.69. The van der Waals surface area contributed by atoms with Crippen molar-refractivity contribution in [2.75, 3.05) is 13.1 Å². The number of hydroxylamine groups is 2. The minimum Gasteiger partial charge on any atom is -0.724 e. The Morgan fingerprint density at radius 2 is 2.33 bits per heavy atom. The zero-order valence-corrected chi connectivity index (χ0v) is 11.5. The first-order chi connectivity index (χ1) is 9.90. The van der Waals surface area contributed by atoms with Gasteiger partial charge in [-0.15, -0.1) is 0 Å². The highest BCUT2D eigenvalue weighted by Gasteiger charge is 2.48. The van der Waals surface area contributed by atoms with Crippen molar-refractivity contribution >= 4 is 22.0 Å². The zero-order valence-electron chi connectivity index (χ0n) is 10.7. The molecule has 0 unspecified atom stereocenters. The molecule has 11 heteroatoms. The van der Waals surface area contributed by atoms with Crippen LogP contribution in [-0.4, -0.2) is 59.1 Å². The van der Waals surface area contributed by atoms with Crippen molar-refractivity contribution < 1.29 is 32.2 Å². The van der Waals surface area contributed by atoms with Gasteiger partial charge in [-0.25, -0.2) is 18.2 Å². The van der Waals surface area contributed by atoms with E-state index < -0.39 is 28.5 Å². The first-order valence-electron chi connectivity index (χ1n) is 6.07. The second-order valence-corrected chi connectivity index (χ2v) is 5.54. The Morgan fingerprint density at radius 1 is 1.57 bits per heavy atom. The molecule has 114 valence electrons. The molecule has 3 N–H and O–H groups in total. The standard InChI is InChI=1S/C10H12N4O6S/c11-4-8-7(9-12-1-2-19-9)3-6-5-13(8)10(15)14(6)20-21(16,17)18/h1-3,6,8H,4-5,11H2,(H,16,17,18)/t6-,8-/m1/s1. The lowest BCUT2D eigenvalue weighted by Gasteiger charge is -2.27. The van der Waals surface area contributed by atoms with Gasteiger partial charge in [0.05, 0.1) is 25.3 Å². The largest absolute Gasteiger partial charge is 0.724 e. The fraction of sp³-hybridized carbons (Fsp3) is 0.400. The van der Waals surface area contributed by atoms with Crippen molar-refractivity contribution in [2.45, 2.75) is 12.1 Å². The third kappa shape index (κ3) is 2.40. The zero-order chi connectivity index (χ0) is 15.2. The van der Waals surface area contributed by atoms with Crippen molar-refractivity contribution in [3.63, 3.8) is 0 Å². The predicted molar refractivity (Wildman–Crippen MR) is 64.5 cm³/mol. The van der Waals surface area contributed by atoms with Crippen LogP contribution in [0.3, 0.4) is 0 Å². The van der Waals surface area contributed by atoms with E-state index in [0.717, 1.165) is 0 Å². The van der Waals surface area contributed by atoms with E-state index in [4.69, 9.17) is 4.42 Å². The Hall–Kier alpha value is -1.95. The van der Waals surface area contributed by atoms with E-state index in [9.17, 15) is 17.8 Å². The molecule has 21 heavy (non-hydrogen) atoms. The van der Waals surface area contributed by atoms with Crippen LogP contribution in [0.5, 0.6) is 0 Å². The second kappa shape index (κ2) is 4.80. The van der Waals surface area contributed by atoms with Gasteiger partial charge in [-0.3, -0.25) is 0 Å². The van der Waals surface area contributed by atoms with Crippen LogP contribution in [0.1, 0.15) is 5.89 Å². The quantitative estimate of drug-likeness (QED) is 0.508. The molecule has 1 fully saturated rings. The van der Waals surface area contributed by atoms with Gasteiger partial charge in [-0.2, -0.15) is 9.35 Å². The highest BCUT2D eigenvalue weighted by molar-refractivity contribution is 7.80. The van der Waals surface area contributed by atoms with Gasteiger partial charge in [-0.05, 0) is 6.08 Å². The van der Waals surface area contributed by atoms with Gasteiger partial charge in [0.2, 0.25) is 16.3 Å². The number of hydrogen-bond acceptors (Lipinski definition) is 7. The summed E-state index contributed by atoms with van der Waals surface area (Å²) in [5, 5.41) is 0.556. The van der Waals surface area contributed by atoms with E-state index in [1.165, 1.54) is 17.4 Å². The van der Waals surface area contributed by atoms with Gasteiger partial charge in [0.15, 0.2) is 0 Å². The maximum Gasteiger partial charge on any atom is 0.346 e. The highest BCUT2D eigenvalue weighted by Crippen LogP contribution is 2.33. The molecule has 0 radical (unpaired) electrons. The van der Waals surface area contributed by atoms with Gasteiger partial charge in [0.25, 0.3) is 0 Å². The number of urea groups is 1. The number of hydrogen-bond donors (Lipinski definition) is 1. The van der Waals surface area contributed by atoms with E-state index in [2.05, 4.69) is 15.0 Å². The second-order valence-electron chi connectivity index (χ2n) is 4.57. The maximum absolute atomic E-state index is 12.2. The molecule has 2 bridgehead atoms. The van der Waals surface area contributed by atoms with E-state index in [-0.39, 0.29) is 6.54 Å². The summed E-state index contributed by atoms with van der Waals surface area (Å²) in [6.45, 7) is 0.545. The molecule has 0 aliphatic carbocycles. The minimum absolute atomic E-state index is 0.207. The molecule has 3 rings (SSSR count). The molecule has 2 amide bonds. The Morgan fingerprint density at radius 3 is 2.90 bits per heavy atom. The number of amides is 2. The summed E-state index contributed by atoms with van der Waals surface area (Å²) in [6, 6.07) is -1.83. The monoisotopic (exact) mass is 316 g/mol. The number of aromatic nitrogens is 1. The number of fused-ring (bicyclic) bond motifs is 2. The van der Waals surface area contributed by atoms with E-state index in [1.807, 2.05) is 0 Å². The summed E-state index contributed by atoms with van der Waals surface area (Å²) in [5.41, 5.74) is 4.38.